The fourth-order valence-electron chi connectivity index (χ4n) is 3.04. The van der Waals surface area contributed by atoms with Crippen LogP contribution in [0.15, 0.2) is 53.1 Å². The lowest BCUT2D eigenvalue weighted by Gasteiger charge is -2.25. The van der Waals surface area contributed by atoms with Crippen LogP contribution in [0.25, 0.3) is 0 Å². The van der Waals surface area contributed by atoms with E-state index in [2.05, 4.69) is 9.97 Å². The van der Waals surface area contributed by atoms with Gasteiger partial charge in [-0.05, 0) is 17.7 Å². The Morgan fingerprint density at radius 2 is 2.08 bits per heavy atom. The van der Waals surface area contributed by atoms with E-state index in [1.807, 2.05) is 36.4 Å². The minimum atomic E-state index is -0.111. The van der Waals surface area contributed by atoms with Crippen molar-refractivity contribution in [3.63, 3.8) is 0 Å². The molecule has 26 heavy (non-hydrogen) atoms. The Labute approximate surface area is 150 Å². The van der Waals surface area contributed by atoms with E-state index >= 15 is 0 Å². The van der Waals surface area contributed by atoms with Gasteiger partial charge >= 0.3 is 0 Å². The van der Waals surface area contributed by atoms with Crippen LogP contribution in [0.5, 0.6) is 0 Å². The van der Waals surface area contributed by atoms with Crippen molar-refractivity contribution in [2.24, 2.45) is 0 Å². The number of pyridine rings is 1. The van der Waals surface area contributed by atoms with E-state index in [-0.39, 0.29) is 5.91 Å². The summed E-state index contributed by atoms with van der Waals surface area (Å²) < 4.78 is 5.88. The Morgan fingerprint density at radius 3 is 2.81 bits per heavy atom. The summed E-state index contributed by atoms with van der Waals surface area (Å²) in [4.78, 5) is 22.9. The van der Waals surface area contributed by atoms with Crippen LogP contribution in [-0.2, 0) is 19.4 Å². The van der Waals surface area contributed by atoms with Gasteiger partial charge in [0.05, 0.1) is 12.1 Å². The lowest BCUT2D eigenvalue weighted by molar-refractivity contribution is 0.0727. The highest BCUT2D eigenvalue weighted by Gasteiger charge is 2.26. The number of oxazole rings is 1. The Hall–Kier alpha value is -3.46. The molecular weight excluding hydrogens is 328 g/mol. The maximum Gasteiger partial charge on any atom is 0.255 e. The van der Waals surface area contributed by atoms with Crippen molar-refractivity contribution >= 4 is 5.91 Å². The molecule has 1 aromatic carbocycles. The fraction of sp³-hybridized carbons (Fsp3) is 0.200. The smallest absolute Gasteiger partial charge is 0.255 e. The summed E-state index contributed by atoms with van der Waals surface area (Å²) in [6.45, 7) is 0.998. The van der Waals surface area contributed by atoms with E-state index in [0.717, 1.165) is 17.0 Å². The fourth-order valence-corrected chi connectivity index (χ4v) is 3.04. The van der Waals surface area contributed by atoms with Gasteiger partial charge in [-0.1, -0.05) is 30.3 Å². The summed E-state index contributed by atoms with van der Waals surface area (Å²) in [5.74, 6) is 1.42. The van der Waals surface area contributed by atoms with Crippen molar-refractivity contribution < 1.29 is 9.21 Å². The van der Waals surface area contributed by atoms with Crippen LogP contribution in [0, 0.1) is 11.3 Å². The Balaban J connectivity index is 1.48. The van der Waals surface area contributed by atoms with Crippen LogP contribution in [0.2, 0.25) is 0 Å². The first-order chi connectivity index (χ1) is 12.7. The summed E-state index contributed by atoms with van der Waals surface area (Å²) in [6, 6.07) is 15.2. The van der Waals surface area contributed by atoms with Crippen LogP contribution in [0.3, 0.4) is 0 Å². The maximum atomic E-state index is 12.7. The summed E-state index contributed by atoms with van der Waals surface area (Å²) in [5.41, 5.74) is 2.73. The summed E-state index contributed by atoms with van der Waals surface area (Å²) in [5, 5.41) is 8.81. The molecule has 0 atom stereocenters. The van der Waals surface area contributed by atoms with Crippen molar-refractivity contribution in [2.75, 3.05) is 6.54 Å². The molecule has 0 aliphatic carbocycles. The molecule has 2 aromatic heterocycles. The number of nitrogens with zero attached hydrogens (tertiary/aromatic N) is 4. The van der Waals surface area contributed by atoms with E-state index in [9.17, 15) is 4.79 Å². The summed E-state index contributed by atoms with van der Waals surface area (Å²) in [6.07, 6.45) is 2.73. The zero-order valence-corrected chi connectivity index (χ0v) is 14.1. The van der Waals surface area contributed by atoms with Crippen LogP contribution in [0.4, 0.5) is 0 Å². The molecule has 0 fully saturated rings. The van der Waals surface area contributed by atoms with E-state index in [4.69, 9.17) is 9.68 Å². The maximum absolute atomic E-state index is 12.7. The van der Waals surface area contributed by atoms with Gasteiger partial charge in [0, 0.05) is 25.6 Å². The number of rotatable bonds is 3. The molecule has 1 aliphatic heterocycles. The number of fused-ring (bicyclic) bond motifs is 1. The number of aromatic nitrogens is 2. The number of carbonyl (C=O) groups excluding carboxylic acids is 1. The number of nitriles is 1. The molecule has 3 heterocycles. The zero-order valence-electron chi connectivity index (χ0n) is 14.1. The van der Waals surface area contributed by atoms with Gasteiger partial charge in [0.1, 0.15) is 23.2 Å². The molecule has 0 unspecified atom stereocenters. The first-order valence-electron chi connectivity index (χ1n) is 8.40. The number of carbonyl (C=O) groups is 1. The van der Waals surface area contributed by atoms with Gasteiger partial charge in [-0.15, -0.1) is 0 Å². The van der Waals surface area contributed by atoms with Crippen molar-refractivity contribution in [1.29, 1.82) is 5.26 Å². The molecule has 0 spiro atoms. The highest BCUT2D eigenvalue weighted by Crippen LogP contribution is 2.22. The van der Waals surface area contributed by atoms with Gasteiger partial charge in [0.15, 0.2) is 5.89 Å². The molecule has 0 N–H and O–H groups in total. The van der Waals surface area contributed by atoms with Gasteiger partial charge in [0.25, 0.3) is 5.91 Å². The molecular formula is C20H16N4O2. The monoisotopic (exact) mass is 344 g/mol. The van der Waals surface area contributed by atoms with Crippen molar-refractivity contribution in [2.45, 2.75) is 19.4 Å². The molecule has 1 amide bonds. The van der Waals surface area contributed by atoms with E-state index in [1.165, 1.54) is 6.20 Å². The van der Waals surface area contributed by atoms with E-state index < -0.39 is 0 Å². The quantitative estimate of drug-likeness (QED) is 0.729. The number of amides is 1. The van der Waals surface area contributed by atoms with Gasteiger partial charge in [-0.2, -0.15) is 5.26 Å². The molecule has 0 saturated heterocycles. The Bertz CT molecular complexity index is 971. The zero-order chi connectivity index (χ0) is 17.9. The van der Waals surface area contributed by atoms with E-state index in [0.29, 0.717) is 43.1 Å². The molecule has 6 heteroatoms. The van der Waals surface area contributed by atoms with Crippen LogP contribution >= 0.6 is 0 Å². The largest absolute Gasteiger partial charge is 0.445 e. The Kier molecular flexibility index (Phi) is 4.20. The van der Waals surface area contributed by atoms with Gasteiger partial charge in [-0.3, -0.25) is 4.79 Å². The average molecular weight is 344 g/mol. The second kappa shape index (κ2) is 6.81. The topological polar surface area (TPSA) is 83.0 Å². The predicted octanol–water partition coefficient (Wildman–Crippen LogP) is 2.73. The van der Waals surface area contributed by atoms with Gasteiger partial charge in [-0.25, -0.2) is 9.97 Å². The summed E-state index contributed by atoms with van der Waals surface area (Å²) >= 11 is 0. The highest BCUT2D eigenvalue weighted by atomic mass is 16.4. The molecule has 0 saturated carbocycles. The Morgan fingerprint density at radius 1 is 1.23 bits per heavy atom. The van der Waals surface area contributed by atoms with Crippen LogP contribution in [0.1, 0.15) is 39.0 Å². The molecule has 0 radical (unpaired) electrons. The first-order valence-corrected chi connectivity index (χ1v) is 8.40. The van der Waals surface area contributed by atoms with Crippen molar-refractivity contribution in [3.8, 4) is 6.07 Å². The lowest BCUT2D eigenvalue weighted by atomic mass is 10.1. The van der Waals surface area contributed by atoms with Gasteiger partial charge in [0.2, 0.25) is 0 Å². The van der Waals surface area contributed by atoms with Crippen molar-refractivity contribution in [1.82, 2.24) is 14.9 Å². The molecule has 6 nitrogen and oxygen atoms in total. The third-order valence-corrected chi connectivity index (χ3v) is 4.38. The third kappa shape index (κ3) is 3.20. The number of hydrogen-bond donors (Lipinski definition) is 0. The van der Waals surface area contributed by atoms with Gasteiger partial charge < -0.3 is 9.32 Å². The molecule has 128 valence electrons. The third-order valence-electron chi connectivity index (χ3n) is 4.38. The highest BCUT2D eigenvalue weighted by molar-refractivity contribution is 5.94. The second-order valence-corrected chi connectivity index (χ2v) is 6.16. The first kappa shape index (κ1) is 16.0. The van der Waals surface area contributed by atoms with Crippen LogP contribution < -0.4 is 0 Å². The standard InChI is InChI=1S/C20H16N4O2/c21-11-16-7-6-15(12-22-16)20(25)24-9-8-18-17(13-24)23-19(26-18)10-14-4-2-1-3-5-14/h1-7,12H,8-10,13H2. The minimum absolute atomic E-state index is 0.111. The number of hydrogen-bond acceptors (Lipinski definition) is 5. The molecule has 3 aromatic rings. The molecule has 4 rings (SSSR count). The predicted molar refractivity (Wildman–Crippen MR) is 93.1 cm³/mol. The summed E-state index contributed by atoms with van der Waals surface area (Å²) in [7, 11) is 0. The molecule has 0 bridgehead atoms. The van der Waals surface area contributed by atoms with Crippen molar-refractivity contribution in [3.05, 3.63) is 82.8 Å². The SMILES string of the molecule is N#Cc1ccc(C(=O)N2CCc3oc(Cc4ccccc4)nc3C2)cn1. The number of benzene rings is 1. The van der Waals surface area contributed by atoms with Crippen LogP contribution in [-0.4, -0.2) is 27.3 Å². The second-order valence-electron chi connectivity index (χ2n) is 6.16. The molecule has 1 aliphatic rings. The lowest BCUT2D eigenvalue weighted by Crippen LogP contribution is -2.35. The normalized spacial score (nSPS) is 13.1. The average Bonchev–Trinajstić information content (AvgIpc) is 3.09. The minimum Gasteiger partial charge on any atom is -0.445 e. The van der Waals surface area contributed by atoms with E-state index in [1.54, 1.807) is 17.0 Å².